The Labute approximate surface area is 104 Å². The first-order chi connectivity index (χ1) is 8.20. The van der Waals surface area contributed by atoms with Gasteiger partial charge < -0.3 is 14.4 Å². The van der Waals surface area contributed by atoms with Gasteiger partial charge in [0, 0.05) is 19.2 Å². The molecular formula is C12H13ClN2O2. The van der Waals surface area contributed by atoms with Gasteiger partial charge >= 0.3 is 0 Å². The molecule has 1 N–H and O–H groups in total. The van der Waals surface area contributed by atoms with Crippen molar-refractivity contribution in [2.75, 3.05) is 11.9 Å². The molecule has 0 aromatic carbocycles. The Bertz CT molecular complexity index is 485. The normalized spacial score (nSPS) is 10.5. The van der Waals surface area contributed by atoms with E-state index in [1.165, 1.54) is 0 Å². The first kappa shape index (κ1) is 12.0. The van der Waals surface area contributed by atoms with Crippen LogP contribution in [0.1, 0.15) is 11.3 Å². The Balaban J connectivity index is 2.16. The maximum Gasteiger partial charge on any atom is 0.129 e. The Morgan fingerprint density at radius 3 is 2.88 bits per heavy atom. The first-order valence-electron chi connectivity index (χ1n) is 5.19. The lowest BCUT2D eigenvalue weighted by molar-refractivity contribution is 0.277. The summed E-state index contributed by atoms with van der Waals surface area (Å²) in [6, 6.07) is 5.46. The lowest BCUT2D eigenvalue weighted by atomic mass is 10.3. The Kier molecular flexibility index (Phi) is 3.66. The highest BCUT2D eigenvalue weighted by atomic mass is 35.5. The number of aliphatic hydroxyl groups is 1. The van der Waals surface area contributed by atoms with E-state index in [2.05, 4.69) is 4.98 Å². The molecule has 0 fully saturated rings. The zero-order valence-electron chi connectivity index (χ0n) is 9.43. The zero-order chi connectivity index (χ0) is 12.3. The molecule has 0 aliphatic rings. The molecule has 0 bridgehead atoms. The highest BCUT2D eigenvalue weighted by Gasteiger charge is 2.07. The molecule has 0 unspecified atom stereocenters. The van der Waals surface area contributed by atoms with Crippen LogP contribution in [0.15, 0.2) is 35.1 Å². The van der Waals surface area contributed by atoms with Crippen molar-refractivity contribution >= 4 is 17.4 Å². The molecule has 2 heterocycles. The van der Waals surface area contributed by atoms with Gasteiger partial charge in [-0.05, 0) is 18.2 Å². The molecule has 0 amide bonds. The van der Waals surface area contributed by atoms with Crippen LogP contribution in [-0.2, 0) is 13.2 Å². The molecule has 0 saturated carbocycles. The van der Waals surface area contributed by atoms with Crippen molar-refractivity contribution in [2.24, 2.45) is 0 Å². The molecule has 0 aliphatic carbocycles. The maximum absolute atomic E-state index is 9.10. The van der Waals surface area contributed by atoms with Gasteiger partial charge in [0.05, 0.1) is 29.8 Å². The summed E-state index contributed by atoms with van der Waals surface area (Å²) in [4.78, 5) is 6.24. The average molecular weight is 253 g/mol. The van der Waals surface area contributed by atoms with E-state index in [-0.39, 0.29) is 6.61 Å². The third-order valence-corrected chi connectivity index (χ3v) is 2.79. The van der Waals surface area contributed by atoms with E-state index in [9.17, 15) is 0 Å². The van der Waals surface area contributed by atoms with Crippen LogP contribution in [0.25, 0.3) is 0 Å². The van der Waals surface area contributed by atoms with Crippen molar-refractivity contribution in [1.82, 2.24) is 4.98 Å². The number of pyridine rings is 1. The smallest absolute Gasteiger partial charge is 0.129 e. The summed E-state index contributed by atoms with van der Waals surface area (Å²) in [5.74, 6) is 0.764. The van der Waals surface area contributed by atoms with E-state index in [1.807, 2.05) is 24.1 Å². The fourth-order valence-electron chi connectivity index (χ4n) is 1.53. The summed E-state index contributed by atoms with van der Waals surface area (Å²) in [6.45, 7) is 0.530. The van der Waals surface area contributed by atoms with Gasteiger partial charge in [-0.15, -0.1) is 0 Å². The third-order valence-electron chi connectivity index (χ3n) is 2.44. The molecule has 2 rings (SSSR count). The Morgan fingerprint density at radius 1 is 1.41 bits per heavy atom. The highest BCUT2D eigenvalue weighted by molar-refractivity contribution is 6.31. The lowest BCUT2D eigenvalue weighted by Gasteiger charge is -2.18. The van der Waals surface area contributed by atoms with Crippen molar-refractivity contribution in [3.63, 3.8) is 0 Å². The molecule has 17 heavy (non-hydrogen) atoms. The van der Waals surface area contributed by atoms with E-state index in [4.69, 9.17) is 21.1 Å². The monoisotopic (exact) mass is 252 g/mol. The summed E-state index contributed by atoms with van der Waals surface area (Å²) in [6.07, 6.45) is 3.33. The van der Waals surface area contributed by atoms with Gasteiger partial charge in [0.15, 0.2) is 0 Å². The molecule has 0 aliphatic heterocycles. The SMILES string of the molecule is CN(Cc1ccoc1)c1ccc(Cl)c(CO)n1. The van der Waals surface area contributed by atoms with Crippen LogP contribution in [0.5, 0.6) is 0 Å². The number of halogens is 1. The van der Waals surface area contributed by atoms with Crippen molar-refractivity contribution < 1.29 is 9.52 Å². The second-order valence-electron chi connectivity index (χ2n) is 3.74. The molecule has 0 saturated heterocycles. The van der Waals surface area contributed by atoms with Gasteiger partial charge in [0.2, 0.25) is 0 Å². The van der Waals surface area contributed by atoms with Gasteiger partial charge in [-0.25, -0.2) is 4.98 Å². The quantitative estimate of drug-likeness (QED) is 0.908. The fourth-order valence-corrected chi connectivity index (χ4v) is 1.70. The minimum Gasteiger partial charge on any atom is -0.472 e. The summed E-state index contributed by atoms with van der Waals surface area (Å²) in [5.41, 5.74) is 1.55. The summed E-state index contributed by atoms with van der Waals surface area (Å²) in [5, 5.41) is 9.58. The molecule has 90 valence electrons. The molecule has 0 radical (unpaired) electrons. The number of furan rings is 1. The molecule has 0 spiro atoms. The second kappa shape index (κ2) is 5.21. The topological polar surface area (TPSA) is 49.5 Å². The van der Waals surface area contributed by atoms with Crippen LogP contribution in [0.4, 0.5) is 5.82 Å². The fraction of sp³-hybridized carbons (Fsp3) is 0.250. The summed E-state index contributed by atoms with van der Waals surface area (Å²) in [7, 11) is 1.92. The number of aromatic nitrogens is 1. The average Bonchev–Trinajstić information content (AvgIpc) is 2.82. The highest BCUT2D eigenvalue weighted by Crippen LogP contribution is 2.19. The number of rotatable bonds is 4. The molecule has 2 aromatic heterocycles. The number of hydrogen-bond donors (Lipinski definition) is 1. The van der Waals surface area contributed by atoms with E-state index in [0.717, 1.165) is 11.4 Å². The van der Waals surface area contributed by atoms with Crippen LogP contribution < -0.4 is 4.90 Å². The number of anilines is 1. The standard InChI is InChI=1S/C12H13ClN2O2/c1-15(6-9-4-5-17-8-9)12-3-2-10(13)11(7-16)14-12/h2-5,8,16H,6-7H2,1H3. The van der Waals surface area contributed by atoms with E-state index in [0.29, 0.717) is 17.3 Å². The largest absolute Gasteiger partial charge is 0.472 e. The third kappa shape index (κ3) is 2.78. The minimum atomic E-state index is -0.160. The molecule has 0 atom stereocenters. The van der Waals surface area contributed by atoms with Crippen LogP contribution in [0, 0.1) is 0 Å². The van der Waals surface area contributed by atoms with Crippen molar-refractivity contribution in [3.8, 4) is 0 Å². The molecular weight excluding hydrogens is 240 g/mol. The number of nitrogens with zero attached hydrogens (tertiary/aromatic N) is 2. The number of hydrogen-bond acceptors (Lipinski definition) is 4. The van der Waals surface area contributed by atoms with Crippen LogP contribution in [0.2, 0.25) is 5.02 Å². The molecule has 2 aromatic rings. The maximum atomic E-state index is 9.10. The first-order valence-corrected chi connectivity index (χ1v) is 5.57. The number of aliphatic hydroxyl groups excluding tert-OH is 1. The predicted molar refractivity (Wildman–Crippen MR) is 66.0 cm³/mol. The van der Waals surface area contributed by atoms with Gasteiger partial charge in [0.25, 0.3) is 0 Å². The Hall–Kier alpha value is -1.52. The molecule has 4 nitrogen and oxygen atoms in total. The lowest BCUT2D eigenvalue weighted by Crippen LogP contribution is -2.17. The van der Waals surface area contributed by atoms with Crippen molar-refractivity contribution in [3.05, 3.63) is 47.0 Å². The van der Waals surface area contributed by atoms with Crippen LogP contribution in [-0.4, -0.2) is 17.1 Å². The summed E-state index contributed by atoms with van der Waals surface area (Å²) < 4.78 is 5.01. The van der Waals surface area contributed by atoms with E-state index >= 15 is 0 Å². The minimum absolute atomic E-state index is 0.160. The van der Waals surface area contributed by atoms with Crippen molar-refractivity contribution in [1.29, 1.82) is 0 Å². The van der Waals surface area contributed by atoms with Gasteiger partial charge in [-0.3, -0.25) is 0 Å². The van der Waals surface area contributed by atoms with Gasteiger partial charge in [-0.2, -0.15) is 0 Å². The predicted octanol–water partition coefficient (Wildman–Crippen LogP) is 2.46. The van der Waals surface area contributed by atoms with E-state index < -0.39 is 0 Å². The molecule has 5 heteroatoms. The van der Waals surface area contributed by atoms with Gasteiger partial charge in [0.1, 0.15) is 5.82 Å². The van der Waals surface area contributed by atoms with E-state index in [1.54, 1.807) is 18.6 Å². The van der Waals surface area contributed by atoms with Crippen LogP contribution >= 0.6 is 11.6 Å². The van der Waals surface area contributed by atoms with Gasteiger partial charge in [-0.1, -0.05) is 11.6 Å². The summed E-state index contributed by atoms with van der Waals surface area (Å²) >= 11 is 5.89. The zero-order valence-corrected chi connectivity index (χ0v) is 10.2. The van der Waals surface area contributed by atoms with Crippen LogP contribution in [0.3, 0.4) is 0 Å². The second-order valence-corrected chi connectivity index (χ2v) is 4.15. The Morgan fingerprint density at radius 2 is 2.24 bits per heavy atom. The van der Waals surface area contributed by atoms with Crippen molar-refractivity contribution in [2.45, 2.75) is 13.2 Å².